The summed E-state index contributed by atoms with van der Waals surface area (Å²) in [7, 11) is 0. The molecule has 0 unspecified atom stereocenters. The van der Waals surface area contributed by atoms with E-state index in [1.54, 1.807) is 12.1 Å². The molecule has 2 rings (SSSR count). The van der Waals surface area contributed by atoms with Gasteiger partial charge >= 0.3 is 6.18 Å². The van der Waals surface area contributed by atoms with Crippen molar-refractivity contribution in [2.24, 2.45) is 5.73 Å². The molecule has 1 aromatic carbocycles. The molecule has 0 radical (unpaired) electrons. The zero-order valence-electron chi connectivity index (χ0n) is 8.46. The maximum atomic E-state index is 12.2. The Labute approximate surface area is 91.2 Å². The van der Waals surface area contributed by atoms with Gasteiger partial charge in [-0.25, -0.2) is 0 Å². The topological polar surface area (TPSA) is 29.3 Å². The smallest absolute Gasteiger partial charge is 0.397 e. The lowest BCUT2D eigenvalue weighted by Crippen LogP contribution is -2.32. The van der Waals surface area contributed by atoms with Crippen LogP contribution in [0, 0.1) is 0 Å². The van der Waals surface area contributed by atoms with Crippen LogP contribution in [0.3, 0.4) is 0 Å². The average molecular weight is 228 g/mol. The predicted octanol–water partition coefficient (Wildman–Crippen LogP) is 2.32. The van der Waals surface area contributed by atoms with Gasteiger partial charge in [0.05, 0.1) is 5.70 Å². The number of benzene rings is 1. The molecule has 0 amide bonds. The summed E-state index contributed by atoms with van der Waals surface area (Å²) in [6, 6.07) is 7.22. The lowest BCUT2D eigenvalue weighted by atomic mass is 10.0. The molecule has 0 spiro atoms. The first-order valence-corrected chi connectivity index (χ1v) is 4.82. The van der Waals surface area contributed by atoms with Crippen molar-refractivity contribution in [1.82, 2.24) is 4.90 Å². The highest BCUT2D eigenvalue weighted by Crippen LogP contribution is 2.26. The van der Waals surface area contributed by atoms with Gasteiger partial charge < -0.3 is 10.6 Å². The van der Waals surface area contributed by atoms with Gasteiger partial charge in [0.25, 0.3) is 0 Å². The number of alkyl halides is 3. The largest absolute Gasteiger partial charge is 0.405 e. The normalized spacial score (nSPS) is 15.7. The van der Waals surface area contributed by atoms with E-state index in [1.807, 2.05) is 12.1 Å². The van der Waals surface area contributed by atoms with Crippen molar-refractivity contribution in [1.29, 1.82) is 0 Å². The van der Waals surface area contributed by atoms with Crippen LogP contribution in [0.5, 0.6) is 0 Å². The summed E-state index contributed by atoms with van der Waals surface area (Å²) < 4.78 is 36.7. The summed E-state index contributed by atoms with van der Waals surface area (Å²) >= 11 is 0. The molecule has 16 heavy (non-hydrogen) atoms. The molecule has 0 saturated heterocycles. The first-order chi connectivity index (χ1) is 7.46. The fraction of sp³-hybridized carbons (Fsp3) is 0.273. The van der Waals surface area contributed by atoms with Crippen LogP contribution in [0.4, 0.5) is 13.2 Å². The van der Waals surface area contributed by atoms with Gasteiger partial charge in [-0.2, -0.15) is 13.2 Å². The number of fused-ring (bicyclic) bond motifs is 1. The lowest BCUT2D eigenvalue weighted by molar-refractivity contribution is -0.141. The third-order valence-corrected chi connectivity index (χ3v) is 2.41. The maximum absolute atomic E-state index is 12.2. The van der Waals surface area contributed by atoms with Crippen LogP contribution in [0.1, 0.15) is 11.1 Å². The highest BCUT2D eigenvalue weighted by Gasteiger charge is 2.31. The third kappa shape index (κ3) is 2.29. The van der Waals surface area contributed by atoms with E-state index in [2.05, 4.69) is 0 Å². The monoisotopic (exact) mass is 228 g/mol. The second-order valence-corrected chi connectivity index (χ2v) is 3.76. The van der Waals surface area contributed by atoms with Crippen molar-refractivity contribution in [2.45, 2.75) is 12.7 Å². The second-order valence-electron chi connectivity index (χ2n) is 3.76. The van der Waals surface area contributed by atoms with E-state index in [9.17, 15) is 13.2 Å². The Balaban J connectivity index is 2.23. The van der Waals surface area contributed by atoms with Gasteiger partial charge in [-0.1, -0.05) is 24.3 Å². The first-order valence-electron chi connectivity index (χ1n) is 4.82. The van der Waals surface area contributed by atoms with E-state index >= 15 is 0 Å². The molecule has 5 heteroatoms. The first kappa shape index (κ1) is 10.9. The van der Waals surface area contributed by atoms with E-state index in [0.29, 0.717) is 5.70 Å². The molecule has 1 aliphatic heterocycles. The van der Waals surface area contributed by atoms with Crippen molar-refractivity contribution in [2.75, 3.05) is 6.54 Å². The molecule has 86 valence electrons. The molecule has 0 saturated carbocycles. The second kappa shape index (κ2) is 3.73. The van der Waals surface area contributed by atoms with Crippen LogP contribution in [-0.4, -0.2) is 17.6 Å². The standard InChI is InChI=1S/C11H11F3N2/c12-11(13,14)7-16-5-8-3-1-2-4-9(8)10(15)6-16/h1-4,6H,5,7,15H2. The zero-order chi connectivity index (χ0) is 11.8. The molecule has 1 aromatic rings. The van der Waals surface area contributed by atoms with Crippen molar-refractivity contribution in [3.8, 4) is 0 Å². The predicted molar refractivity (Wildman–Crippen MR) is 55.1 cm³/mol. The maximum Gasteiger partial charge on any atom is 0.405 e. The molecule has 0 aromatic heterocycles. The van der Waals surface area contributed by atoms with Crippen LogP contribution in [0.15, 0.2) is 30.5 Å². The Kier molecular flexibility index (Phi) is 2.53. The SMILES string of the molecule is NC1=CN(CC(F)(F)F)Cc2ccccc21. The molecule has 1 heterocycles. The quantitative estimate of drug-likeness (QED) is 0.799. The average Bonchev–Trinajstić information content (AvgIpc) is 2.15. The number of nitrogens with zero attached hydrogens (tertiary/aromatic N) is 1. The fourth-order valence-electron chi connectivity index (χ4n) is 1.80. The van der Waals surface area contributed by atoms with Gasteiger partial charge in [0, 0.05) is 18.3 Å². The number of nitrogens with two attached hydrogens (primary N) is 1. The summed E-state index contributed by atoms with van der Waals surface area (Å²) in [5.74, 6) is 0. The van der Waals surface area contributed by atoms with Crippen molar-refractivity contribution >= 4 is 5.70 Å². The highest BCUT2D eigenvalue weighted by atomic mass is 19.4. The molecule has 0 bridgehead atoms. The third-order valence-electron chi connectivity index (χ3n) is 2.41. The van der Waals surface area contributed by atoms with Crippen LogP contribution in [-0.2, 0) is 6.54 Å². The lowest BCUT2D eigenvalue weighted by Gasteiger charge is -2.28. The Morgan fingerprint density at radius 2 is 1.94 bits per heavy atom. The van der Waals surface area contributed by atoms with E-state index in [0.717, 1.165) is 11.1 Å². The van der Waals surface area contributed by atoms with Crippen LogP contribution in [0.2, 0.25) is 0 Å². The van der Waals surface area contributed by atoms with E-state index < -0.39 is 12.7 Å². The molecule has 2 N–H and O–H groups in total. The Morgan fingerprint density at radius 3 is 2.62 bits per heavy atom. The molecule has 1 aliphatic rings. The Hall–Kier alpha value is -1.65. The Bertz CT molecular complexity index is 423. The highest BCUT2D eigenvalue weighted by molar-refractivity contribution is 5.66. The fourth-order valence-corrected chi connectivity index (χ4v) is 1.80. The Morgan fingerprint density at radius 1 is 1.25 bits per heavy atom. The molecule has 0 atom stereocenters. The van der Waals surface area contributed by atoms with E-state index in [4.69, 9.17) is 5.73 Å². The van der Waals surface area contributed by atoms with Crippen molar-refractivity contribution < 1.29 is 13.2 Å². The van der Waals surface area contributed by atoms with Crippen molar-refractivity contribution in [3.63, 3.8) is 0 Å². The molecular weight excluding hydrogens is 217 g/mol. The number of halogens is 3. The summed E-state index contributed by atoms with van der Waals surface area (Å²) in [5, 5.41) is 0. The van der Waals surface area contributed by atoms with Gasteiger partial charge in [0.15, 0.2) is 0 Å². The van der Waals surface area contributed by atoms with Gasteiger partial charge in [0.2, 0.25) is 0 Å². The minimum absolute atomic E-state index is 0.246. The van der Waals surface area contributed by atoms with Crippen LogP contribution < -0.4 is 5.73 Å². The molecular formula is C11H11F3N2. The number of hydrogen-bond acceptors (Lipinski definition) is 2. The minimum atomic E-state index is -4.21. The van der Waals surface area contributed by atoms with E-state index in [1.165, 1.54) is 11.1 Å². The van der Waals surface area contributed by atoms with Gasteiger partial charge in [0.1, 0.15) is 6.54 Å². The summed E-state index contributed by atoms with van der Waals surface area (Å²) in [6.07, 6.45) is -2.85. The van der Waals surface area contributed by atoms with Crippen LogP contribution in [0.25, 0.3) is 5.70 Å². The number of hydrogen-bond donors (Lipinski definition) is 1. The van der Waals surface area contributed by atoms with Crippen molar-refractivity contribution in [3.05, 3.63) is 41.6 Å². The van der Waals surface area contributed by atoms with Gasteiger partial charge in [-0.3, -0.25) is 0 Å². The van der Waals surface area contributed by atoms with Crippen LogP contribution >= 0.6 is 0 Å². The number of rotatable bonds is 1. The zero-order valence-corrected chi connectivity index (χ0v) is 8.46. The molecule has 2 nitrogen and oxygen atoms in total. The molecule has 0 fully saturated rings. The van der Waals surface area contributed by atoms with E-state index in [-0.39, 0.29) is 6.54 Å². The summed E-state index contributed by atoms with van der Waals surface area (Å²) in [5.41, 5.74) is 7.73. The van der Waals surface area contributed by atoms with Gasteiger partial charge in [-0.15, -0.1) is 0 Å². The summed E-state index contributed by atoms with van der Waals surface area (Å²) in [4.78, 5) is 1.18. The molecule has 0 aliphatic carbocycles. The van der Waals surface area contributed by atoms with Gasteiger partial charge in [-0.05, 0) is 5.56 Å². The minimum Gasteiger partial charge on any atom is -0.397 e. The summed E-state index contributed by atoms with van der Waals surface area (Å²) in [6.45, 7) is -0.724.